The van der Waals surface area contributed by atoms with Gasteiger partial charge < -0.3 is 0 Å². The third kappa shape index (κ3) is 2.26. The van der Waals surface area contributed by atoms with E-state index in [0.29, 0.717) is 0 Å². The third-order valence-corrected chi connectivity index (χ3v) is 6.99. The molecule has 3 heteroatoms. The van der Waals surface area contributed by atoms with Crippen molar-refractivity contribution in [2.24, 2.45) is 10.8 Å². The normalized spacial score (nSPS) is 38.5. The predicted molar refractivity (Wildman–Crippen MR) is 80.9 cm³/mol. The first-order chi connectivity index (χ1) is 9.44. The van der Waals surface area contributed by atoms with Crippen LogP contribution in [0.2, 0.25) is 0 Å². The molecule has 0 aromatic heterocycles. The summed E-state index contributed by atoms with van der Waals surface area (Å²) in [5.74, 6) is 0.237. The number of hydrogen-bond acceptors (Lipinski definition) is 2. The van der Waals surface area contributed by atoms with Gasteiger partial charge in [-0.3, -0.25) is 9.00 Å². The second-order valence-electron chi connectivity index (χ2n) is 7.04. The number of carbonyl (C=O) groups is 1. The molecule has 2 atom stereocenters. The zero-order valence-electron chi connectivity index (χ0n) is 12.2. The minimum Gasteiger partial charge on any atom is -0.298 e. The summed E-state index contributed by atoms with van der Waals surface area (Å²) in [6, 6.07) is 9.46. The first kappa shape index (κ1) is 14.0. The lowest BCUT2D eigenvalue weighted by Crippen LogP contribution is -2.36. The van der Waals surface area contributed by atoms with Crippen molar-refractivity contribution in [3.63, 3.8) is 0 Å². The fraction of sp³-hybridized carbons (Fsp3) is 0.588. The molecule has 3 aliphatic rings. The Morgan fingerprint density at radius 3 is 2.25 bits per heavy atom. The SMILES string of the molecule is CC12CCC(C)(CC1)C(=O)C(S(=O)c1ccccc1)C2. The monoisotopic (exact) mass is 290 g/mol. The van der Waals surface area contributed by atoms with Crippen LogP contribution in [0.5, 0.6) is 0 Å². The van der Waals surface area contributed by atoms with Gasteiger partial charge in [0.15, 0.2) is 5.78 Å². The van der Waals surface area contributed by atoms with Gasteiger partial charge in [-0.05, 0) is 49.7 Å². The molecule has 0 spiro atoms. The zero-order valence-corrected chi connectivity index (χ0v) is 13.0. The van der Waals surface area contributed by atoms with E-state index in [1.54, 1.807) is 0 Å². The Morgan fingerprint density at radius 2 is 1.65 bits per heavy atom. The minimum atomic E-state index is -1.21. The summed E-state index contributed by atoms with van der Waals surface area (Å²) < 4.78 is 12.9. The highest BCUT2D eigenvalue weighted by molar-refractivity contribution is 7.86. The Kier molecular flexibility index (Phi) is 3.36. The highest BCUT2D eigenvalue weighted by Gasteiger charge is 2.51. The Hall–Kier alpha value is -0.960. The maximum atomic E-state index is 12.9. The fourth-order valence-corrected chi connectivity index (χ4v) is 5.46. The molecule has 0 saturated heterocycles. The van der Waals surface area contributed by atoms with E-state index < -0.39 is 10.8 Å². The van der Waals surface area contributed by atoms with Crippen LogP contribution in [0.1, 0.15) is 46.0 Å². The molecule has 2 bridgehead atoms. The van der Waals surface area contributed by atoms with Crippen molar-refractivity contribution in [2.45, 2.75) is 56.1 Å². The topological polar surface area (TPSA) is 34.1 Å². The molecule has 0 heterocycles. The maximum Gasteiger partial charge on any atom is 0.154 e. The lowest BCUT2D eigenvalue weighted by Gasteiger charge is -2.37. The Morgan fingerprint density at radius 1 is 1.05 bits per heavy atom. The number of carbonyl (C=O) groups excluding carboxylic acids is 1. The van der Waals surface area contributed by atoms with Crippen LogP contribution in [0.15, 0.2) is 35.2 Å². The summed E-state index contributed by atoms with van der Waals surface area (Å²) in [5.41, 5.74) is -0.0497. The quantitative estimate of drug-likeness (QED) is 0.832. The lowest BCUT2D eigenvalue weighted by molar-refractivity contribution is -0.127. The van der Waals surface area contributed by atoms with Crippen molar-refractivity contribution in [1.29, 1.82) is 0 Å². The number of ketones is 1. The van der Waals surface area contributed by atoms with E-state index in [4.69, 9.17) is 0 Å². The van der Waals surface area contributed by atoms with Gasteiger partial charge in [0.05, 0.1) is 16.0 Å². The molecule has 2 nitrogen and oxygen atoms in total. The Labute approximate surface area is 123 Å². The molecule has 108 valence electrons. The van der Waals surface area contributed by atoms with Gasteiger partial charge in [0, 0.05) is 10.3 Å². The van der Waals surface area contributed by atoms with Crippen molar-refractivity contribution in [1.82, 2.24) is 0 Å². The van der Waals surface area contributed by atoms with E-state index >= 15 is 0 Å². The fourth-order valence-electron chi connectivity index (χ4n) is 3.68. The highest BCUT2D eigenvalue weighted by atomic mass is 32.2. The van der Waals surface area contributed by atoms with Gasteiger partial charge in [0.25, 0.3) is 0 Å². The van der Waals surface area contributed by atoms with E-state index in [0.717, 1.165) is 37.0 Å². The number of fused-ring (bicyclic) bond motifs is 4. The van der Waals surface area contributed by atoms with Gasteiger partial charge in [-0.15, -0.1) is 0 Å². The summed E-state index contributed by atoms with van der Waals surface area (Å²) in [7, 11) is -1.21. The molecule has 20 heavy (non-hydrogen) atoms. The first-order valence-electron chi connectivity index (χ1n) is 7.44. The van der Waals surface area contributed by atoms with Crippen LogP contribution >= 0.6 is 0 Å². The van der Waals surface area contributed by atoms with Crippen LogP contribution in [0.3, 0.4) is 0 Å². The molecule has 0 amide bonds. The maximum absolute atomic E-state index is 12.9. The van der Waals surface area contributed by atoms with E-state index in [1.807, 2.05) is 30.3 Å². The standard InChI is InChI=1S/C17H22O2S/c1-16-8-10-17(2,11-9-16)15(18)14(12-16)20(19)13-6-4-3-5-7-13/h3-7,14H,8-12H2,1-2H3. The number of hydrogen-bond donors (Lipinski definition) is 0. The molecular formula is C17H22O2S. The summed E-state index contributed by atoms with van der Waals surface area (Å²) >= 11 is 0. The number of benzene rings is 1. The van der Waals surface area contributed by atoms with Crippen molar-refractivity contribution < 1.29 is 9.00 Å². The smallest absolute Gasteiger partial charge is 0.154 e. The Bertz CT molecular complexity index is 541. The van der Waals surface area contributed by atoms with Gasteiger partial charge in [-0.25, -0.2) is 0 Å². The van der Waals surface area contributed by atoms with Gasteiger partial charge in [-0.1, -0.05) is 32.0 Å². The molecular weight excluding hydrogens is 268 g/mol. The second kappa shape index (κ2) is 4.80. The average Bonchev–Trinajstić information content (AvgIpc) is 2.63. The second-order valence-corrected chi connectivity index (χ2v) is 8.67. The Balaban J connectivity index is 1.97. The van der Waals surface area contributed by atoms with E-state index in [1.165, 1.54) is 0 Å². The molecule has 0 N–H and O–H groups in total. The molecule has 3 aliphatic carbocycles. The highest BCUT2D eigenvalue weighted by Crippen LogP contribution is 2.53. The summed E-state index contributed by atoms with van der Waals surface area (Å²) in [4.78, 5) is 13.7. The van der Waals surface area contributed by atoms with Gasteiger partial charge in [0.2, 0.25) is 0 Å². The molecule has 2 unspecified atom stereocenters. The van der Waals surface area contributed by atoms with E-state index in [9.17, 15) is 9.00 Å². The summed E-state index contributed by atoms with van der Waals surface area (Å²) in [6.07, 6.45) is 4.90. The van der Waals surface area contributed by atoms with Crippen molar-refractivity contribution >= 4 is 16.6 Å². The average molecular weight is 290 g/mol. The molecule has 1 aromatic carbocycles. The first-order valence-corrected chi connectivity index (χ1v) is 8.65. The van der Waals surface area contributed by atoms with Crippen LogP contribution in [0.25, 0.3) is 0 Å². The molecule has 4 rings (SSSR count). The number of rotatable bonds is 2. The molecule has 1 aromatic rings. The van der Waals surface area contributed by atoms with Crippen molar-refractivity contribution in [2.75, 3.05) is 0 Å². The van der Waals surface area contributed by atoms with E-state index in [2.05, 4.69) is 13.8 Å². The molecule has 0 aliphatic heterocycles. The largest absolute Gasteiger partial charge is 0.298 e. The van der Waals surface area contributed by atoms with Gasteiger partial charge >= 0.3 is 0 Å². The van der Waals surface area contributed by atoms with Crippen molar-refractivity contribution in [3.8, 4) is 0 Å². The van der Waals surface area contributed by atoms with E-state index in [-0.39, 0.29) is 21.9 Å². The molecule has 3 fully saturated rings. The lowest BCUT2D eigenvalue weighted by atomic mass is 9.67. The minimum absolute atomic E-state index is 0.195. The summed E-state index contributed by atoms with van der Waals surface area (Å²) in [6.45, 7) is 4.34. The van der Waals surface area contributed by atoms with Crippen LogP contribution in [0, 0.1) is 10.8 Å². The van der Waals surface area contributed by atoms with Crippen LogP contribution in [-0.4, -0.2) is 15.2 Å². The molecule has 0 radical (unpaired) electrons. The van der Waals surface area contributed by atoms with Gasteiger partial charge in [0.1, 0.15) is 0 Å². The third-order valence-electron chi connectivity index (χ3n) is 5.36. The van der Waals surface area contributed by atoms with Crippen LogP contribution in [-0.2, 0) is 15.6 Å². The number of Topliss-reactive ketones (excluding diaryl/α,β-unsaturated/α-hetero) is 1. The zero-order chi connectivity index (χ0) is 14.4. The molecule has 3 saturated carbocycles. The van der Waals surface area contributed by atoms with Gasteiger partial charge in [-0.2, -0.15) is 0 Å². The van der Waals surface area contributed by atoms with Crippen LogP contribution in [0.4, 0.5) is 0 Å². The van der Waals surface area contributed by atoms with Crippen molar-refractivity contribution in [3.05, 3.63) is 30.3 Å². The summed E-state index contributed by atoms with van der Waals surface area (Å²) in [5, 5.41) is -0.322. The van der Waals surface area contributed by atoms with Crippen LogP contribution < -0.4 is 0 Å². The predicted octanol–water partition coefficient (Wildman–Crippen LogP) is 3.72.